The van der Waals surface area contributed by atoms with Crippen molar-refractivity contribution in [3.05, 3.63) is 23.5 Å². The maximum atomic E-state index is 13.8. The van der Waals surface area contributed by atoms with E-state index in [0.29, 0.717) is 5.57 Å². The Hall–Kier alpha value is -2.96. The summed E-state index contributed by atoms with van der Waals surface area (Å²) in [5, 5.41) is 64.8. The van der Waals surface area contributed by atoms with Gasteiger partial charge in [-0.1, -0.05) is 33.3 Å². The highest BCUT2D eigenvalue weighted by molar-refractivity contribution is 5.97. The number of hydrogen-bond donors (Lipinski definition) is 6. The Morgan fingerprint density at radius 3 is 2.36 bits per heavy atom. The van der Waals surface area contributed by atoms with Crippen molar-refractivity contribution in [2.75, 3.05) is 20.3 Å². The van der Waals surface area contributed by atoms with Crippen LogP contribution in [0.4, 0.5) is 0 Å². The van der Waals surface area contributed by atoms with Gasteiger partial charge in [-0.15, -0.1) is 0 Å². The van der Waals surface area contributed by atoms with Gasteiger partial charge in [-0.3, -0.25) is 4.79 Å². The molecule has 0 aromatic carbocycles. The van der Waals surface area contributed by atoms with Gasteiger partial charge in [0.25, 0.3) is 0 Å². The first-order valence-corrected chi connectivity index (χ1v) is 16.8. The summed E-state index contributed by atoms with van der Waals surface area (Å²) in [6.45, 7) is 7.69. The Balaban J connectivity index is 1.47. The highest BCUT2D eigenvalue weighted by Gasteiger charge is 2.85. The van der Waals surface area contributed by atoms with Crippen molar-refractivity contribution in [2.45, 2.75) is 102 Å². The Kier molecular flexibility index (Phi) is 9.29. The number of methoxy groups -OCH3 is 1. The average molecular weight is 711 g/mol. The van der Waals surface area contributed by atoms with Gasteiger partial charge in [-0.05, 0) is 36.7 Å². The predicted octanol–water partition coefficient (Wildman–Crippen LogP) is -1.73. The normalized spacial score (nSPS) is 48.2. The molecule has 0 aromatic rings. The van der Waals surface area contributed by atoms with Crippen molar-refractivity contribution in [3.8, 4) is 0 Å². The molecule has 3 aliphatic carbocycles. The van der Waals surface area contributed by atoms with Gasteiger partial charge in [-0.25, -0.2) is 14.4 Å². The van der Waals surface area contributed by atoms with Gasteiger partial charge in [-0.2, -0.15) is 0 Å². The molecule has 16 atom stereocenters. The van der Waals surface area contributed by atoms with E-state index >= 15 is 0 Å². The molecule has 6 aliphatic rings. The van der Waals surface area contributed by atoms with Crippen molar-refractivity contribution < 1.29 is 78.2 Å². The first kappa shape index (κ1) is 36.8. The number of aliphatic hydroxyl groups is 6. The minimum Gasteiger partial charge on any atom is -0.467 e. The predicted molar refractivity (Wildman–Crippen MR) is 164 cm³/mol. The lowest BCUT2D eigenvalue weighted by Gasteiger charge is -2.67. The summed E-state index contributed by atoms with van der Waals surface area (Å²) in [5.41, 5.74) is -4.45. The van der Waals surface area contributed by atoms with Crippen LogP contribution in [0.3, 0.4) is 0 Å². The molecule has 16 nitrogen and oxygen atoms in total. The fraction of sp³-hybridized carbons (Fsp3) is 0.765. The molecular formula is C34H46O16. The number of aliphatic hydroxyl groups excluding tert-OH is 6. The molecule has 6 N–H and O–H groups in total. The zero-order valence-corrected chi connectivity index (χ0v) is 28.6. The molecule has 2 saturated carbocycles. The summed E-state index contributed by atoms with van der Waals surface area (Å²) in [6, 6.07) is 0. The number of ether oxygens (including phenoxy) is 6. The molecular weight excluding hydrogens is 664 g/mol. The summed E-state index contributed by atoms with van der Waals surface area (Å²) in [5.74, 6) is -7.88. The van der Waals surface area contributed by atoms with Gasteiger partial charge in [0.05, 0.1) is 32.3 Å². The Bertz CT molecular complexity index is 1490. The molecule has 2 bridgehead atoms. The third-order valence-electron chi connectivity index (χ3n) is 12.4. The van der Waals surface area contributed by atoms with E-state index in [4.69, 9.17) is 28.4 Å². The first-order valence-electron chi connectivity index (χ1n) is 16.8. The molecule has 6 rings (SSSR count). The molecule has 3 heterocycles. The second kappa shape index (κ2) is 12.6. The largest absolute Gasteiger partial charge is 0.467 e. The van der Waals surface area contributed by atoms with Crippen LogP contribution in [0.2, 0.25) is 0 Å². The van der Waals surface area contributed by atoms with Gasteiger partial charge >= 0.3 is 17.9 Å². The third kappa shape index (κ3) is 4.94. The lowest BCUT2D eigenvalue weighted by molar-refractivity contribution is -0.296. The van der Waals surface area contributed by atoms with Gasteiger partial charge in [0.15, 0.2) is 11.5 Å². The summed E-state index contributed by atoms with van der Waals surface area (Å²) >= 11 is 0. The summed E-state index contributed by atoms with van der Waals surface area (Å²) < 4.78 is 34.4. The Labute approximate surface area is 287 Å². The molecule has 278 valence electrons. The van der Waals surface area contributed by atoms with Crippen LogP contribution >= 0.6 is 0 Å². The molecule has 3 aliphatic heterocycles. The van der Waals surface area contributed by atoms with E-state index in [1.807, 2.05) is 13.8 Å². The highest BCUT2D eigenvalue weighted by atomic mass is 16.7. The minimum absolute atomic E-state index is 0.0294. The van der Waals surface area contributed by atoms with Gasteiger partial charge < -0.3 is 59.1 Å². The summed E-state index contributed by atoms with van der Waals surface area (Å²) in [4.78, 5) is 54.5. The lowest BCUT2D eigenvalue weighted by Crippen LogP contribution is -2.79. The van der Waals surface area contributed by atoms with E-state index in [9.17, 15) is 49.8 Å². The van der Waals surface area contributed by atoms with E-state index in [2.05, 4.69) is 0 Å². The van der Waals surface area contributed by atoms with Crippen LogP contribution < -0.4 is 0 Å². The van der Waals surface area contributed by atoms with Crippen molar-refractivity contribution in [2.24, 2.45) is 40.4 Å². The molecule has 16 heteroatoms. The van der Waals surface area contributed by atoms with Gasteiger partial charge in [0, 0.05) is 23.3 Å². The maximum absolute atomic E-state index is 13.8. The smallest absolute Gasteiger partial charge is 0.348 e. The van der Waals surface area contributed by atoms with E-state index in [-0.39, 0.29) is 24.7 Å². The number of hydrogen-bond acceptors (Lipinski definition) is 16. The molecule has 1 spiro atoms. The quantitative estimate of drug-likeness (QED) is 0.0976. The van der Waals surface area contributed by atoms with Crippen LogP contribution in [-0.4, -0.2) is 135 Å². The molecule has 3 saturated heterocycles. The zero-order valence-electron chi connectivity index (χ0n) is 28.6. The van der Waals surface area contributed by atoms with Crippen molar-refractivity contribution in [3.63, 3.8) is 0 Å². The lowest BCUT2D eigenvalue weighted by atomic mass is 9.38. The summed E-state index contributed by atoms with van der Waals surface area (Å²) in [6.07, 6.45) is -12.2. The molecule has 1 unspecified atom stereocenters. The van der Waals surface area contributed by atoms with Crippen molar-refractivity contribution in [1.29, 1.82) is 0 Å². The van der Waals surface area contributed by atoms with Crippen LogP contribution in [0.15, 0.2) is 23.5 Å². The Morgan fingerprint density at radius 2 is 1.74 bits per heavy atom. The molecule has 50 heavy (non-hydrogen) atoms. The molecule has 5 fully saturated rings. The summed E-state index contributed by atoms with van der Waals surface area (Å²) in [7, 11) is 1.06. The molecule has 0 radical (unpaired) electrons. The topological polar surface area (TPSA) is 245 Å². The number of Topliss-reactive ketones (excluding diaryl/α,β-unsaturated/α-hetero) is 1. The fourth-order valence-electron chi connectivity index (χ4n) is 9.69. The number of carbonyl (C=O) groups excluding carboxylic acids is 4. The number of allylic oxidation sites excluding steroid dienone is 3. The number of rotatable bonds is 7. The SMILES string of the molecule is COC(=O)C12OC[C@]34[C@H]([C@@H](O)[C@@H]1O)[C@@]1(C)C=C(O[C@@H]5O[C@H](CO)[C@@H](O)[C@H](O)[C@H]5O)C(=O)[C@@H](C)[C@@H]1C[C@H]3OC(=O)[C@H](OC(=O)/C=C(\C)C(C)C)[C@@H]24. The average Bonchev–Trinajstić information content (AvgIpc) is 3.38. The van der Waals surface area contributed by atoms with Crippen molar-refractivity contribution >= 4 is 23.7 Å². The maximum Gasteiger partial charge on any atom is 0.348 e. The van der Waals surface area contributed by atoms with Gasteiger partial charge in [0.1, 0.15) is 36.6 Å². The number of esters is 3. The standard InChI is InChI=1S/C34H46O16/c1-12(2)13(3)7-19(36)50-25-27-33-11-46-34(27,31(44)45-6)28(42)24(41)26(33)32(5)9-16(20(37)14(4)15(32)8-18(33)49-29(25)43)47-30-23(40)22(39)21(38)17(10-35)48-30/h7,9,12,14-15,17-18,21-28,30,35,38-42H,8,10-11H2,1-6H3/b13-7+/t14-,15-,17+,18+,21+,22-,23+,24+,25+,26+,27+,28-,30+,32-,33+,34?/m0/s1. The minimum atomic E-state index is -2.34. The number of fused-ring (bicyclic) bond motifs is 2. The van der Waals surface area contributed by atoms with Crippen LogP contribution in [0.1, 0.15) is 41.0 Å². The van der Waals surface area contributed by atoms with Crippen LogP contribution in [0.25, 0.3) is 0 Å². The first-order chi connectivity index (χ1) is 23.4. The van der Waals surface area contributed by atoms with Crippen LogP contribution in [0, 0.1) is 40.4 Å². The van der Waals surface area contributed by atoms with Gasteiger partial charge in [0.2, 0.25) is 18.0 Å². The number of ketones is 1. The van der Waals surface area contributed by atoms with Crippen LogP contribution in [0.5, 0.6) is 0 Å². The molecule has 0 amide bonds. The van der Waals surface area contributed by atoms with E-state index in [1.165, 1.54) is 12.2 Å². The molecule has 0 aromatic heterocycles. The fourth-order valence-corrected chi connectivity index (χ4v) is 9.69. The second-order valence-electron chi connectivity index (χ2n) is 15.1. The number of carbonyl (C=O) groups is 4. The van der Waals surface area contributed by atoms with Crippen LogP contribution in [-0.2, 0) is 47.6 Å². The van der Waals surface area contributed by atoms with E-state index in [0.717, 1.165) is 7.11 Å². The van der Waals surface area contributed by atoms with Crippen molar-refractivity contribution in [1.82, 2.24) is 0 Å². The van der Waals surface area contributed by atoms with E-state index in [1.54, 1.807) is 20.8 Å². The second-order valence-corrected chi connectivity index (χ2v) is 15.1. The highest BCUT2D eigenvalue weighted by Crippen LogP contribution is 2.72. The van der Waals surface area contributed by atoms with E-state index < -0.39 is 126 Å². The monoisotopic (exact) mass is 710 g/mol. The third-order valence-corrected chi connectivity index (χ3v) is 12.4. The Morgan fingerprint density at radius 1 is 1.06 bits per heavy atom. The zero-order chi connectivity index (χ0) is 36.8.